The second-order valence-electron chi connectivity index (χ2n) is 16.1. The van der Waals surface area contributed by atoms with Crippen LogP contribution in [0.1, 0.15) is 44.5 Å². The minimum absolute atomic E-state index is 0.764. The fourth-order valence-electron chi connectivity index (χ4n) is 8.90. The number of hydrogen-bond donors (Lipinski definition) is 0. The van der Waals surface area contributed by atoms with E-state index < -0.39 is 10.8 Å². The van der Waals surface area contributed by atoms with Crippen molar-refractivity contribution in [3.8, 4) is 22.3 Å². The lowest BCUT2D eigenvalue weighted by Gasteiger charge is -2.21. The molecule has 0 N–H and O–H groups in total. The third-order valence-electron chi connectivity index (χ3n) is 12.0. The summed E-state index contributed by atoms with van der Waals surface area (Å²) in [7, 11) is -1.30. The minimum Gasteiger partial charge on any atom is -0.249 e. The average molecular weight is 863 g/mol. The van der Waals surface area contributed by atoms with Gasteiger partial charge in [-0.3, -0.25) is 0 Å². The summed E-state index contributed by atoms with van der Waals surface area (Å²) >= 11 is 0. The Balaban J connectivity index is 1.18. The summed E-state index contributed by atoms with van der Waals surface area (Å²) in [4.78, 5) is 1.55. The molecule has 1 nitrogen and oxygen atoms in total. The van der Waals surface area contributed by atoms with E-state index in [4.69, 9.17) is 0 Å². The van der Waals surface area contributed by atoms with Crippen LogP contribution >= 0.6 is 0 Å². The normalized spacial score (nSPS) is 11.3. The molecule has 1 unspecified atom stereocenters. The predicted molar refractivity (Wildman–Crippen MR) is 277 cm³/mol. The van der Waals surface area contributed by atoms with Crippen LogP contribution in [0, 0.1) is 0 Å². The molecule has 1 atom stereocenters. The van der Waals surface area contributed by atoms with Gasteiger partial charge in [-0.05, 0) is 119 Å². The van der Waals surface area contributed by atoms with E-state index in [1.807, 2.05) is 42.5 Å². The molecule has 2 heteroatoms. The molecule has 0 amide bonds. The first-order valence-electron chi connectivity index (χ1n) is 22.3. The minimum atomic E-state index is -1.30. The van der Waals surface area contributed by atoms with Gasteiger partial charge in [0, 0.05) is 9.79 Å². The number of benzene rings is 10. The highest BCUT2D eigenvalue weighted by Gasteiger charge is 2.20. The molecular weight excluding hydrogens is 817 g/mol. The maximum Gasteiger partial charge on any atom is 0.0849 e. The number of rotatable bonds is 12. The molecule has 0 bridgehead atoms. The Hall–Kier alpha value is -8.17. The van der Waals surface area contributed by atoms with Crippen LogP contribution in [-0.4, -0.2) is 4.21 Å². The van der Waals surface area contributed by atoms with Gasteiger partial charge in [-0.25, -0.2) is 4.21 Å². The van der Waals surface area contributed by atoms with Crippen LogP contribution < -0.4 is 0 Å². The molecule has 0 spiro atoms. The highest BCUT2D eigenvalue weighted by Crippen LogP contribution is 2.42. The summed E-state index contributed by atoms with van der Waals surface area (Å²) in [6.45, 7) is 0. The van der Waals surface area contributed by atoms with Gasteiger partial charge in [0.2, 0.25) is 0 Å². The molecule has 0 fully saturated rings. The van der Waals surface area contributed by atoms with Crippen molar-refractivity contribution in [3.05, 3.63) is 324 Å². The van der Waals surface area contributed by atoms with Crippen molar-refractivity contribution in [1.82, 2.24) is 0 Å². The Morgan fingerprint density at radius 2 is 0.485 bits per heavy atom. The maximum absolute atomic E-state index is 13.7. The lowest BCUT2D eigenvalue weighted by atomic mass is 9.83. The zero-order chi connectivity index (χ0) is 44.5. The molecule has 0 aliphatic heterocycles. The van der Waals surface area contributed by atoms with Crippen molar-refractivity contribution >= 4 is 33.1 Å². The van der Waals surface area contributed by atoms with Crippen LogP contribution in [0.2, 0.25) is 0 Å². The summed E-state index contributed by atoms with van der Waals surface area (Å²) in [6.07, 6.45) is 0. The van der Waals surface area contributed by atoms with E-state index in [9.17, 15) is 4.21 Å². The Labute approximate surface area is 390 Å². The second kappa shape index (κ2) is 19.7. The van der Waals surface area contributed by atoms with Crippen LogP contribution in [0.25, 0.3) is 44.5 Å². The predicted octanol–water partition coefficient (Wildman–Crippen LogP) is 16.2. The topological polar surface area (TPSA) is 17.1 Å². The van der Waals surface area contributed by atoms with Crippen molar-refractivity contribution in [2.24, 2.45) is 0 Å². The third-order valence-corrected chi connectivity index (χ3v) is 13.4. The first-order valence-corrected chi connectivity index (χ1v) is 23.5. The molecular formula is C64H46OS. The van der Waals surface area contributed by atoms with Crippen molar-refractivity contribution in [1.29, 1.82) is 0 Å². The SMILES string of the molecule is O=S(c1ccccc1)c1ccc(-c2cc(C(=C(c3ccccc3)c3ccccc3)c3ccccc3)ccc2-c2ccc(C(=C(c3ccccc3)c3ccccc3)c3ccccc3)cc2)cc1. The van der Waals surface area contributed by atoms with Crippen molar-refractivity contribution in [2.75, 3.05) is 0 Å². The summed E-state index contributed by atoms with van der Waals surface area (Å²) in [5.74, 6) is 0. The van der Waals surface area contributed by atoms with Gasteiger partial charge >= 0.3 is 0 Å². The summed E-state index contributed by atoms with van der Waals surface area (Å²) < 4.78 is 13.7. The Morgan fingerprint density at radius 1 is 0.227 bits per heavy atom. The Morgan fingerprint density at radius 3 is 0.848 bits per heavy atom. The van der Waals surface area contributed by atoms with Gasteiger partial charge in [-0.1, -0.05) is 249 Å². The summed E-state index contributed by atoms with van der Waals surface area (Å²) in [6, 6.07) is 98.1. The smallest absolute Gasteiger partial charge is 0.0849 e. The molecule has 0 aliphatic rings. The van der Waals surface area contributed by atoms with Crippen LogP contribution in [0.15, 0.2) is 289 Å². The summed E-state index contributed by atoms with van der Waals surface area (Å²) in [5, 5.41) is 0. The third kappa shape index (κ3) is 8.96. The molecule has 0 aliphatic carbocycles. The standard InChI is InChI=1S/C64H46OS/c65-66(57-34-20-7-21-35-57)58-43-40-48(41-44-58)60-46-56(64(54-32-18-6-19-33-54)62(51-26-12-3-13-27-51)52-28-14-4-15-29-52)42-45-59(60)47-36-38-55(39-37-47)63(53-30-16-5-17-31-53)61(49-22-8-1-9-23-49)50-24-10-2-11-25-50/h1-46H. The van der Waals surface area contributed by atoms with Crippen molar-refractivity contribution < 1.29 is 4.21 Å². The fraction of sp³-hybridized carbons (Fsp3) is 0. The highest BCUT2D eigenvalue weighted by atomic mass is 32.2. The maximum atomic E-state index is 13.7. The lowest BCUT2D eigenvalue weighted by Crippen LogP contribution is -1.99. The first-order chi connectivity index (χ1) is 32.7. The van der Waals surface area contributed by atoms with E-state index >= 15 is 0 Å². The van der Waals surface area contributed by atoms with Crippen LogP contribution in [-0.2, 0) is 10.8 Å². The second-order valence-corrected chi connectivity index (χ2v) is 17.6. The van der Waals surface area contributed by atoms with Gasteiger partial charge in [0.1, 0.15) is 0 Å². The largest absolute Gasteiger partial charge is 0.249 e. The van der Waals surface area contributed by atoms with Crippen LogP contribution in [0.3, 0.4) is 0 Å². The van der Waals surface area contributed by atoms with Gasteiger partial charge in [-0.15, -0.1) is 0 Å². The molecule has 0 saturated carbocycles. The highest BCUT2D eigenvalue weighted by molar-refractivity contribution is 7.85. The van der Waals surface area contributed by atoms with Gasteiger partial charge in [0.05, 0.1) is 10.8 Å². The van der Waals surface area contributed by atoms with Gasteiger partial charge in [0.15, 0.2) is 0 Å². The fourth-order valence-corrected chi connectivity index (χ4v) is 9.96. The molecule has 0 saturated heterocycles. The van der Waals surface area contributed by atoms with E-state index in [0.717, 1.165) is 87.7 Å². The molecule has 10 rings (SSSR count). The molecule has 0 heterocycles. The van der Waals surface area contributed by atoms with Crippen LogP contribution in [0.5, 0.6) is 0 Å². The number of hydrogen-bond acceptors (Lipinski definition) is 1. The first kappa shape index (κ1) is 41.8. The van der Waals surface area contributed by atoms with E-state index in [1.54, 1.807) is 0 Å². The van der Waals surface area contributed by atoms with Crippen molar-refractivity contribution in [3.63, 3.8) is 0 Å². The summed E-state index contributed by atoms with van der Waals surface area (Å²) in [5.41, 5.74) is 18.1. The quantitative estimate of drug-likeness (QED) is 0.112. The molecule has 0 aromatic heterocycles. The zero-order valence-corrected chi connectivity index (χ0v) is 37.2. The van der Waals surface area contributed by atoms with Gasteiger partial charge in [-0.2, -0.15) is 0 Å². The average Bonchev–Trinajstić information content (AvgIpc) is 3.41. The van der Waals surface area contributed by atoms with Gasteiger partial charge < -0.3 is 0 Å². The molecule has 10 aromatic carbocycles. The van der Waals surface area contributed by atoms with E-state index in [2.05, 4.69) is 237 Å². The van der Waals surface area contributed by atoms with Crippen molar-refractivity contribution in [2.45, 2.75) is 9.79 Å². The van der Waals surface area contributed by atoms with E-state index in [-0.39, 0.29) is 0 Å². The zero-order valence-electron chi connectivity index (χ0n) is 36.4. The monoisotopic (exact) mass is 862 g/mol. The Kier molecular flexibility index (Phi) is 12.5. The van der Waals surface area contributed by atoms with E-state index in [1.165, 1.54) is 11.1 Å². The van der Waals surface area contributed by atoms with E-state index in [0.29, 0.717) is 0 Å². The lowest BCUT2D eigenvalue weighted by molar-refractivity contribution is 0.683. The molecule has 10 aromatic rings. The molecule has 0 radical (unpaired) electrons. The van der Waals surface area contributed by atoms with Gasteiger partial charge in [0.25, 0.3) is 0 Å². The Bertz CT molecular complexity index is 3190. The van der Waals surface area contributed by atoms with Crippen LogP contribution in [0.4, 0.5) is 0 Å². The molecule has 66 heavy (non-hydrogen) atoms. The molecule has 314 valence electrons.